The molecule has 1 fully saturated rings. The van der Waals surface area contributed by atoms with Crippen LogP contribution in [0.5, 0.6) is 0 Å². The number of nitro groups is 1. The summed E-state index contributed by atoms with van der Waals surface area (Å²) in [5.41, 5.74) is 1.19. The molecule has 0 saturated carbocycles. The second kappa shape index (κ2) is 5.66. The molecule has 1 N–H and O–H groups in total. The van der Waals surface area contributed by atoms with Gasteiger partial charge in [0.25, 0.3) is 5.69 Å². The van der Waals surface area contributed by atoms with E-state index in [4.69, 9.17) is 5.11 Å². The van der Waals surface area contributed by atoms with E-state index in [1.54, 1.807) is 19.1 Å². The van der Waals surface area contributed by atoms with Crippen molar-refractivity contribution in [3.8, 4) is 0 Å². The molecule has 108 valence electrons. The monoisotopic (exact) mass is 343 g/mol. The number of hydrogen-bond donors (Lipinski definition) is 1. The van der Waals surface area contributed by atoms with E-state index in [2.05, 4.69) is 15.9 Å². The van der Waals surface area contributed by atoms with E-state index in [0.717, 1.165) is 0 Å². The molecule has 1 aliphatic heterocycles. The summed E-state index contributed by atoms with van der Waals surface area (Å²) in [5, 5.41) is 20.2. The number of nitro benzene ring substituents is 1. The number of hydrogen-bond acceptors (Lipinski definition) is 4. The highest BCUT2D eigenvalue weighted by molar-refractivity contribution is 9.10. The van der Waals surface area contributed by atoms with E-state index >= 15 is 0 Å². The largest absolute Gasteiger partial charge is 0.465 e. The molecule has 1 heterocycles. The number of piperazine rings is 1. The molecule has 20 heavy (non-hydrogen) atoms. The number of amides is 1. The van der Waals surface area contributed by atoms with Crippen molar-refractivity contribution in [3.63, 3.8) is 0 Å². The fourth-order valence-corrected chi connectivity index (χ4v) is 2.61. The van der Waals surface area contributed by atoms with Gasteiger partial charge in [0.2, 0.25) is 0 Å². The lowest BCUT2D eigenvalue weighted by atomic mass is 10.1. The Morgan fingerprint density at radius 2 is 1.95 bits per heavy atom. The molecule has 7 nitrogen and oxygen atoms in total. The minimum atomic E-state index is -0.953. The molecule has 1 aliphatic rings. The Bertz CT molecular complexity index is 556. The highest BCUT2D eigenvalue weighted by Gasteiger charge is 2.27. The predicted molar refractivity (Wildman–Crippen MR) is 77.3 cm³/mol. The fourth-order valence-electron chi connectivity index (χ4n) is 2.29. The van der Waals surface area contributed by atoms with Crippen LogP contribution in [0.1, 0.15) is 5.56 Å². The van der Waals surface area contributed by atoms with Crippen LogP contribution in [0.2, 0.25) is 0 Å². The summed E-state index contributed by atoms with van der Waals surface area (Å²) in [4.78, 5) is 24.9. The van der Waals surface area contributed by atoms with Gasteiger partial charge in [-0.15, -0.1) is 0 Å². The Labute approximate surface area is 124 Å². The molecule has 0 atom stereocenters. The lowest BCUT2D eigenvalue weighted by Crippen LogP contribution is -2.48. The third kappa shape index (κ3) is 2.69. The molecule has 0 unspecified atom stereocenters. The van der Waals surface area contributed by atoms with Crippen molar-refractivity contribution < 1.29 is 14.8 Å². The van der Waals surface area contributed by atoms with Crippen molar-refractivity contribution in [1.82, 2.24) is 4.90 Å². The van der Waals surface area contributed by atoms with Crippen molar-refractivity contribution in [2.24, 2.45) is 0 Å². The fraction of sp³-hybridized carbons (Fsp3) is 0.417. The van der Waals surface area contributed by atoms with Gasteiger partial charge in [0.1, 0.15) is 5.69 Å². The van der Waals surface area contributed by atoms with Gasteiger partial charge < -0.3 is 14.9 Å². The van der Waals surface area contributed by atoms with Crippen molar-refractivity contribution in [2.75, 3.05) is 31.1 Å². The molecule has 8 heteroatoms. The van der Waals surface area contributed by atoms with E-state index in [1.165, 1.54) is 4.90 Å². The van der Waals surface area contributed by atoms with Crippen molar-refractivity contribution >= 4 is 33.4 Å². The summed E-state index contributed by atoms with van der Waals surface area (Å²) in [6.45, 7) is 3.30. The van der Waals surface area contributed by atoms with Gasteiger partial charge in [0, 0.05) is 36.2 Å². The Morgan fingerprint density at radius 1 is 1.35 bits per heavy atom. The van der Waals surface area contributed by atoms with Gasteiger partial charge in [-0.1, -0.05) is 15.9 Å². The third-order valence-corrected chi connectivity index (χ3v) is 4.28. The van der Waals surface area contributed by atoms with E-state index in [-0.39, 0.29) is 10.6 Å². The third-order valence-electron chi connectivity index (χ3n) is 3.42. The second-order valence-corrected chi connectivity index (χ2v) is 5.41. The Kier molecular flexibility index (Phi) is 4.12. The Balaban J connectivity index is 2.28. The van der Waals surface area contributed by atoms with Gasteiger partial charge in [-0.05, 0) is 19.1 Å². The van der Waals surface area contributed by atoms with Gasteiger partial charge in [-0.25, -0.2) is 4.79 Å². The summed E-state index contributed by atoms with van der Waals surface area (Å²) in [6.07, 6.45) is -0.953. The number of rotatable bonds is 2. The lowest BCUT2D eigenvalue weighted by molar-refractivity contribution is -0.384. The van der Waals surface area contributed by atoms with E-state index in [9.17, 15) is 14.9 Å². The van der Waals surface area contributed by atoms with E-state index in [0.29, 0.717) is 41.9 Å². The number of benzene rings is 1. The average molecular weight is 344 g/mol. The van der Waals surface area contributed by atoms with Crippen LogP contribution in [0.4, 0.5) is 16.2 Å². The van der Waals surface area contributed by atoms with Crippen LogP contribution in [0, 0.1) is 17.0 Å². The van der Waals surface area contributed by atoms with E-state index < -0.39 is 6.09 Å². The van der Waals surface area contributed by atoms with Crippen LogP contribution >= 0.6 is 15.9 Å². The van der Waals surface area contributed by atoms with E-state index in [1.807, 2.05) is 4.90 Å². The molecule has 2 rings (SSSR count). The van der Waals surface area contributed by atoms with Crippen LogP contribution in [-0.2, 0) is 0 Å². The first-order chi connectivity index (χ1) is 9.41. The van der Waals surface area contributed by atoms with Gasteiger partial charge in [-0.3, -0.25) is 10.1 Å². The quantitative estimate of drug-likeness (QED) is 0.658. The van der Waals surface area contributed by atoms with Crippen LogP contribution in [0.25, 0.3) is 0 Å². The van der Waals surface area contributed by atoms with Gasteiger partial charge in [0.05, 0.1) is 4.92 Å². The molecular formula is C12H14BrN3O4. The first-order valence-corrected chi connectivity index (χ1v) is 6.87. The smallest absolute Gasteiger partial charge is 0.407 e. The number of nitrogens with zero attached hydrogens (tertiary/aromatic N) is 3. The number of halogens is 1. The van der Waals surface area contributed by atoms with Gasteiger partial charge in [0.15, 0.2) is 0 Å². The van der Waals surface area contributed by atoms with Gasteiger partial charge >= 0.3 is 6.09 Å². The summed E-state index contributed by atoms with van der Waals surface area (Å²) in [5.74, 6) is 0. The highest BCUT2D eigenvalue weighted by atomic mass is 79.9. The SMILES string of the molecule is Cc1c(Br)ccc(N2CCN(C(=O)O)CC2)c1[N+](=O)[O-]. The predicted octanol–water partition coefficient (Wildman–Crippen LogP) is 2.47. The van der Waals surface area contributed by atoms with Crippen LogP contribution in [-0.4, -0.2) is 47.2 Å². The van der Waals surface area contributed by atoms with Crippen LogP contribution < -0.4 is 4.90 Å². The molecule has 1 saturated heterocycles. The summed E-state index contributed by atoms with van der Waals surface area (Å²) < 4.78 is 0.692. The number of carbonyl (C=O) groups is 1. The minimum Gasteiger partial charge on any atom is -0.465 e. The number of anilines is 1. The minimum absolute atomic E-state index is 0.0724. The molecule has 1 aromatic carbocycles. The van der Waals surface area contributed by atoms with Gasteiger partial charge in [-0.2, -0.15) is 0 Å². The summed E-state index contributed by atoms with van der Waals surface area (Å²) in [6, 6.07) is 3.48. The summed E-state index contributed by atoms with van der Waals surface area (Å²) in [7, 11) is 0. The Morgan fingerprint density at radius 3 is 2.45 bits per heavy atom. The molecule has 0 spiro atoms. The first kappa shape index (κ1) is 14.6. The second-order valence-electron chi connectivity index (χ2n) is 4.55. The maximum atomic E-state index is 11.3. The molecule has 0 radical (unpaired) electrons. The Hall–Kier alpha value is -1.83. The molecular weight excluding hydrogens is 330 g/mol. The highest BCUT2D eigenvalue weighted by Crippen LogP contribution is 2.36. The maximum Gasteiger partial charge on any atom is 0.407 e. The van der Waals surface area contributed by atoms with Crippen LogP contribution in [0.3, 0.4) is 0 Å². The van der Waals surface area contributed by atoms with Crippen molar-refractivity contribution in [1.29, 1.82) is 0 Å². The number of carboxylic acid groups (broad SMARTS) is 1. The molecule has 0 aromatic heterocycles. The zero-order chi connectivity index (χ0) is 14.9. The van der Waals surface area contributed by atoms with Crippen molar-refractivity contribution in [3.05, 3.63) is 32.3 Å². The zero-order valence-corrected chi connectivity index (χ0v) is 12.5. The normalized spacial score (nSPS) is 15.3. The topological polar surface area (TPSA) is 86.9 Å². The molecule has 0 aliphatic carbocycles. The van der Waals surface area contributed by atoms with Crippen LogP contribution in [0.15, 0.2) is 16.6 Å². The molecule has 1 aromatic rings. The first-order valence-electron chi connectivity index (χ1n) is 6.08. The lowest BCUT2D eigenvalue weighted by Gasteiger charge is -2.34. The maximum absolute atomic E-state index is 11.3. The zero-order valence-electron chi connectivity index (χ0n) is 10.9. The molecule has 0 bridgehead atoms. The standard InChI is InChI=1S/C12H14BrN3O4/c1-8-9(13)2-3-10(11(8)16(19)20)14-4-6-15(7-5-14)12(17)18/h2-3H,4-7H2,1H3,(H,17,18). The molecule has 1 amide bonds. The summed E-state index contributed by atoms with van der Waals surface area (Å²) >= 11 is 3.29. The average Bonchev–Trinajstić information content (AvgIpc) is 2.41. The van der Waals surface area contributed by atoms with Crippen molar-refractivity contribution in [2.45, 2.75) is 6.92 Å².